The predicted octanol–water partition coefficient (Wildman–Crippen LogP) is 4.72. The third-order valence-electron chi connectivity index (χ3n) is 4.81. The summed E-state index contributed by atoms with van der Waals surface area (Å²) in [5.74, 6) is 1.68. The summed E-state index contributed by atoms with van der Waals surface area (Å²) < 4.78 is 16.4. The molecule has 2 aromatic carbocycles. The number of amides is 2. The third-order valence-corrected chi connectivity index (χ3v) is 6.19. The number of hydrogen-bond donors (Lipinski definition) is 1. The van der Waals surface area contributed by atoms with Crippen molar-refractivity contribution in [3.8, 4) is 17.2 Å². The van der Waals surface area contributed by atoms with Crippen molar-refractivity contribution in [1.29, 1.82) is 0 Å². The van der Waals surface area contributed by atoms with Crippen molar-refractivity contribution in [2.75, 3.05) is 32.7 Å². The van der Waals surface area contributed by atoms with Crippen LogP contribution in [0.4, 0.5) is 5.69 Å². The van der Waals surface area contributed by atoms with Crippen LogP contribution in [0.15, 0.2) is 47.4 Å². The molecule has 1 heterocycles. The molecule has 0 unspecified atom stereocenters. The van der Waals surface area contributed by atoms with Crippen LogP contribution in [-0.2, 0) is 9.59 Å². The number of hydrogen-bond acceptors (Lipinski definition) is 7. The minimum Gasteiger partial charge on any atom is -0.494 e. The highest BCUT2D eigenvalue weighted by Gasteiger charge is 2.31. The maximum atomic E-state index is 12.8. The number of thioether (sulfide) groups is 1. The molecular weight excluding hydrogens is 460 g/mol. The molecule has 1 saturated heterocycles. The Bertz CT molecular complexity index is 1050. The number of carbonyl (C=O) groups excluding carboxylic acids is 2. The van der Waals surface area contributed by atoms with Gasteiger partial charge in [-0.15, -0.1) is 0 Å². The van der Waals surface area contributed by atoms with Gasteiger partial charge in [0, 0.05) is 18.7 Å². The van der Waals surface area contributed by atoms with Gasteiger partial charge in [0.1, 0.15) is 10.1 Å². The van der Waals surface area contributed by atoms with Crippen LogP contribution < -0.4 is 19.5 Å². The number of ether oxygens (including phenoxy) is 3. The van der Waals surface area contributed by atoms with Crippen LogP contribution >= 0.6 is 24.0 Å². The van der Waals surface area contributed by atoms with Gasteiger partial charge in [0.05, 0.1) is 25.7 Å². The molecule has 0 atom stereocenters. The van der Waals surface area contributed by atoms with Gasteiger partial charge < -0.3 is 19.5 Å². The maximum Gasteiger partial charge on any atom is 0.266 e. The number of carbonyl (C=O) groups is 2. The second kappa shape index (κ2) is 11.7. The van der Waals surface area contributed by atoms with Crippen molar-refractivity contribution in [3.63, 3.8) is 0 Å². The molecule has 2 aromatic rings. The molecule has 1 aliphatic rings. The van der Waals surface area contributed by atoms with Crippen LogP contribution in [0.5, 0.6) is 17.2 Å². The van der Waals surface area contributed by atoms with Gasteiger partial charge in [-0.1, -0.05) is 30.0 Å². The third kappa shape index (κ3) is 6.49. The average molecular weight is 487 g/mol. The lowest BCUT2D eigenvalue weighted by molar-refractivity contribution is -0.122. The summed E-state index contributed by atoms with van der Waals surface area (Å²) in [5, 5.41) is 2.85. The summed E-state index contributed by atoms with van der Waals surface area (Å²) in [6.45, 7) is 2.89. The first-order chi connectivity index (χ1) is 15.9. The van der Waals surface area contributed by atoms with E-state index in [4.69, 9.17) is 26.4 Å². The van der Waals surface area contributed by atoms with Gasteiger partial charge in [-0.2, -0.15) is 0 Å². The monoisotopic (exact) mass is 486 g/mol. The number of thiocarbonyl (C=S) groups is 1. The highest BCUT2D eigenvalue weighted by molar-refractivity contribution is 8.26. The number of nitrogens with zero attached hydrogens (tertiary/aromatic N) is 1. The molecule has 1 fully saturated rings. The fourth-order valence-corrected chi connectivity index (χ4v) is 4.52. The van der Waals surface area contributed by atoms with Crippen LogP contribution in [0.25, 0.3) is 6.08 Å². The number of rotatable bonds is 10. The first kappa shape index (κ1) is 24.6. The first-order valence-corrected chi connectivity index (χ1v) is 11.7. The van der Waals surface area contributed by atoms with Crippen molar-refractivity contribution in [1.82, 2.24) is 4.90 Å². The lowest BCUT2D eigenvalue weighted by Gasteiger charge is -2.14. The van der Waals surface area contributed by atoms with E-state index in [0.29, 0.717) is 46.0 Å². The van der Waals surface area contributed by atoms with Crippen LogP contribution in [0.1, 0.15) is 25.3 Å². The molecule has 33 heavy (non-hydrogen) atoms. The van der Waals surface area contributed by atoms with Crippen molar-refractivity contribution in [3.05, 3.63) is 52.9 Å². The second-order valence-corrected chi connectivity index (χ2v) is 8.73. The molecule has 0 saturated carbocycles. The fourth-order valence-electron chi connectivity index (χ4n) is 3.21. The van der Waals surface area contributed by atoms with Crippen molar-refractivity contribution in [2.45, 2.75) is 19.8 Å². The minimum absolute atomic E-state index is 0.120. The Morgan fingerprint density at radius 3 is 2.52 bits per heavy atom. The number of nitrogens with one attached hydrogen (secondary N) is 1. The van der Waals surface area contributed by atoms with Crippen molar-refractivity contribution < 1.29 is 23.8 Å². The predicted molar refractivity (Wildman–Crippen MR) is 135 cm³/mol. The standard InChI is InChI=1S/C24H26N2O5S2/c1-4-31-18-10-8-17(9-11-18)25-22(27)6-5-13-26-23(28)21(33-24(26)32)15-16-7-12-19(29-2)20(14-16)30-3/h7-12,14-15H,4-6,13H2,1-3H3,(H,25,27). The largest absolute Gasteiger partial charge is 0.494 e. The normalized spacial score (nSPS) is 14.5. The van der Waals surface area contributed by atoms with Gasteiger partial charge >= 0.3 is 0 Å². The zero-order valence-corrected chi connectivity index (χ0v) is 20.4. The van der Waals surface area contributed by atoms with E-state index in [9.17, 15) is 9.59 Å². The quantitative estimate of drug-likeness (QED) is 0.385. The van der Waals surface area contributed by atoms with E-state index in [-0.39, 0.29) is 18.2 Å². The summed E-state index contributed by atoms with van der Waals surface area (Å²) >= 11 is 6.64. The SMILES string of the molecule is CCOc1ccc(NC(=O)CCCN2C(=O)C(=Cc3ccc(OC)c(OC)c3)SC2=S)cc1. The smallest absolute Gasteiger partial charge is 0.266 e. The topological polar surface area (TPSA) is 77.1 Å². The Kier molecular flexibility index (Phi) is 8.73. The lowest BCUT2D eigenvalue weighted by Crippen LogP contribution is -2.29. The van der Waals surface area contributed by atoms with E-state index in [2.05, 4.69) is 5.32 Å². The molecule has 0 bridgehead atoms. The summed E-state index contributed by atoms with van der Waals surface area (Å²) in [6.07, 6.45) is 2.55. The van der Waals surface area contributed by atoms with Crippen LogP contribution in [0.2, 0.25) is 0 Å². The molecule has 9 heteroatoms. The molecule has 2 amide bonds. The molecule has 1 N–H and O–H groups in total. The minimum atomic E-state index is -0.160. The molecular formula is C24H26N2O5S2. The number of benzene rings is 2. The van der Waals surface area contributed by atoms with E-state index < -0.39 is 0 Å². The highest BCUT2D eigenvalue weighted by Crippen LogP contribution is 2.34. The van der Waals surface area contributed by atoms with Gasteiger partial charge in [0.15, 0.2) is 11.5 Å². The maximum absolute atomic E-state index is 12.8. The van der Waals surface area contributed by atoms with E-state index in [1.807, 2.05) is 25.1 Å². The van der Waals surface area contributed by atoms with E-state index in [1.165, 1.54) is 16.7 Å². The molecule has 3 rings (SSSR count). The number of anilines is 1. The Morgan fingerprint density at radius 2 is 1.85 bits per heavy atom. The van der Waals surface area contributed by atoms with Crippen LogP contribution in [-0.4, -0.2) is 48.4 Å². The Balaban J connectivity index is 1.53. The zero-order valence-electron chi connectivity index (χ0n) is 18.8. The van der Waals surface area contributed by atoms with Gasteiger partial charge in [0.2, 0.25) is 5.91 Å². The van der Waals surface area contributed by atoms with E-state index in [1.54, 1.807) is 44.6 Å². The van der Waals surface area contributed by atoms with Gasteiger partial charge in [-0.25, -0.2) is 0 Å². The molecule has 0 spiro atoms. The van der Waals surface area contributed by atoms with Crippen LogP contribution in [0.3, 0.4) is 0 Å². The van der Waals surface area contributed by atoms with Gasteiger partial charge in [0.25, 0.3) is 5.91 Å². The molecule has 7 nitrogen and oxygen atoms in total. The molecule has 0 radical (unpaired) electrons. The van der Waals surface area contributed by atoms with Crippen LogP contribution in [0, 0.1) is 0 Å². The second-order valence-electron chi connectivity index (χ2n) is 7.06. The molecule has 0 aliphatic carbocycles. The van der Waals surface area contributed by atoms with Gasteiger partial charge in [-0.3, -0.25) is 14.5 Å². The summed E-state index contributed by atoms with van der Waals surface area (Å²) in [5.41, 5.74) is 1.51. The number of methoxy groups -OCH3 is 2. The Labute approximate surface area is 203 Å². The fraction of sp³-hybridized carbons (Fsp3) is 0.292. The Morgan fingerprint density at radius 1 is 1.12 bits per heavy atom. The lowest BCUT2D eigenvalue weighted by atomic mass is 10.2. The van der Waals surface area contributed by atoms with E-state index in [0.717, 1.165) is 11.3 Å². The first-order valence-electron chi connectivity index (χ1n) is 10.4. The summed E-state index contributed by atoms with van der Waals surface area (Å²) in [6, 6.07) is 12.6. The molecule has 174 valence electrons. The highest BCUT2D eigenvalue weighted by atomic mass is 32.2. The van der Waals surface area contributed by atoms with Crippen molar-refractivity contribution >= 4 is 51.9 Å². The van der Waals surface area contributed by atoms with E-state index >= 15 is 0 Å². The summed E-state index contributed by atoms with van der Waals surface area (Å²) in [4.78, 5) is 27.2. The Hall–Kier alpha value is -3.04. The zero-order chi connectivity index (χ0) is 23.8. The van der Waals surface area contributed by atoms with Crippen molar-refractivity contribution in [2.24, 2.45) is 0 Å². The molecule has 1 aliphatic heterocycles. The molecule has 0 aromatic heterocycles. The van der Waals surface area contributed by atoms with Gasteiger partial charge in [-0.05, 0) is 61.4 Å². The summed E-state index contributed by atoms with van der Waals surface area (Å²) in [7, 11) is 3.13. The average Bonchev–Trinajstić information content (AvgIpc) is 3.07.